The van der Waals surface area contributed by atoms with Crippen LogP contribution in [0.5, 0.6) is 0 Å². The molecular weight excluding hydrogens is 158 g/mol. The van der Waals surface area contributed by atoms with E-state index >= 15 is 0 Å². The van der Waals surface area contributed by atoms with Crippen molar-refractivity contribution in [3.8, 4) is 0 Å². The van der Waals surface area contributed by atoms with Crippen LogP contribution in [0.4, 0.5) is 0 Å². The van der Waals surface area contributed by atoms with Gasteiger partial charge in [-0.15, -0.1) is 0 Å². The second-order valence-corrected chi connectivity index (χ2v) is 4.69. The quantitative estimate of drug-likeness (QED) is 0.651. The van der Waals surface area contributed by atoms with Gasteiger partial charge in [0.05, 0.1) is 0 Å². The van der Waals surface area contributed by atoms with Crippen molar-refractivity contribution in [1.29, 1.82) is 0 Å². The molecule has 1 aliphatic rings. The Morgan fingerprint density at radius 3 is 2.85 bits per heavy atom. The van der Waals surface area contributed by atoms with Crippen LogP contribution >= 0.6 is 0 Å². The zero-order valence-corrected chi connectivity index (χ0v) is 9.00. The van der Waals surface area contributed by atoms with Crippen LogP contribution in [-0.2, 0) is 0 Å². The van der Waals surface area contributed by atoms with Gasteiger partial charge in [0.1, 0.15) is 0 Å². The number of rotatable bonds is 2. The van der Waals surface area contributed by atoms with Crippen LogP contribution in [0.15, 0.2) is 12.2 Å². The molecule has 0 aromatic carbocycles. The van der Waals surface area contributed by atoms with Gasteiger partial charge in [-0.2, -0.15) is 0 Å². The van der Waals surface area contributed by atoms with Gasteiger partial charge in [-0.1, -0.05) is 26.0 Å². The Labute approximate surface area is 82.4 Å². The molecule has 0 amide bonds. The van der Waals surface area contributed by atoms with Crippen molar-refractivity contribution in [3.05, 3.63) is 12.2 Å². The first-order valence-electron chi connectivity index (χ1n) is 5.60. The van der Waals surface area contributed by atoms with Gasteiger partial charge in [0.2, 0.25) is 0 Å². The first-order chi connectivity index (χ1) is 6.20. The predicted octanol–water partition coefficient (Wildman–Crippen LogP) is 3.11. The second-order valence-electron chi connectivity index (χ2n) is 4.69. The van der Waals surface area contributed by atoms with Gasteiger partial charge in [0, 0.05) is 6.04 Å². The van der Waals surface area contributed by atoms with E-state index in [1.165, 1.54) is 25.7 Å². The molecule has 0 saturated heterocycles. The Morgan fingerprint density at radius 1 is 1.38 bits per heavy atom. The molecule has 0 spiro atoms. The Bertz CT molecular complexity index is 161. The highest BCUT2D eigenvalue weighted by atomic mass is 14.6. The minimum absolute atomic E-state index is 0.402. The molecule has 1 rings (SSSR count). The Balaban J connectivity index is 2.44. The molecule has 0 aromatic rings. The summed E-state index contributed by atoms with van der Waals surface area (Å²) in [6.07, 6.45) is 10.8. The number of nitrogens with two attached hydrogens (primary N) is 1. The molecule has 2 N–H and O–H groups in total. The van der Waals surface area contributed by atoms with Crippen molar-refractivity contribution in [1.82, 2.24) is 0 Å². The van der Waals surface area contributed by atoms with E-state index in [-0.39, 0.29) is 0 Å². The summed E-state index contributed by atoms with van der Waals surface area (Å²) < 4.78 is 0. The molecule has 1 heteroatoms. The molecule has 0 heterocycles. The van der Waals surface area contributed by atoms with Gasteiger partial charge in [-0.25, -0.2) is 0 Å². The van der Waals surface area contributed by atoms with Crippen LogP contribution in [0.3, 0.4) is 0 Å². The van der Waals surface area contributed by atoms with Crippen molar-refractivity contribution in [2.75, 3.05) is 0 Å². The number of allylic oxidation sites excluding steroid dienone is 1. The molecule has 0 saturated carbocycles. The average molecular weight is 181 g/mol. The van der Waals surface area contributed by atoms with Crippen LogP contribution in [0.1, 0.15) is 46.0 Å². The maximum atomic E-state index is 6.15. The highest BCUT2D eigenvalue weighted by Gasteiger charge is 2.18. The van der Waals surface area contributed by atoms with Crippen molar-refractivity contribution >= 4 is 0 Å². The summed E-state index contributed by atoms with van der Waals surface area (Å²) in [4.78, 5) is 0. The van der Waals surface area contributed by atoms with Crippen LogP contribution in [0.2, 0.25) is 0 Å². The molecule has 1 aliphatic carbocycles. The Hall–Kier alpha value is -0.300. The Morgan fingerprint density at radius 2 is 2.15 bits per heavy atom. The van der Waals surface area contributed by atoms with E-state index in [4.69, 9.17) is 5.73 Å². The van der Waals surface area contributed by atoms with Crippen molar-refractivity contribution in [3.63, 3.8) is 0 Å². The normalized spacial score (nSPS) is 32.6. The molecule has 0 radical (unpaired) electrons. The van der Waals surface area contributed by atoms with E-state index in [1.54, 1.807) is 0 Å². The highest BCUT2D eigenvalue weighted by molar-refractivity contribution is 4.90. The molecule has 1 nitrogen and oxygen atoms in total. The maximum absolute atomic E-state index is 6.15. The van der Waals surface area contributed by atoms with Crippen LogP contribution in [0, 0.1) is 11.8 Å². The van der Waals surface area contributed by atoms with E-state index in [1.807, 2.05) is 0 Å². The third-order valence-corrected chi connectivity index (χ3v) is 2.90. The largest absolute Gasteiger partial charge is 0.327 e. The summed E-state index contributed by atoms with van der Waals surface area (Å²) in [6.45, 7) is 4.59. The first kappa shape index (κ1) is 10.8. The van der Waals surface area contributed by atoms with E-state index < -0.39 is 0 Å². The highest BCUT2D eigenvalue weighted by Crippen LogP contribution is 2.24. The lowest BCUT2D eigenvalue weighted by atomic mass is 9.84. The molecule has 0 fully saturated rings. The lowest BCUT2D eigenvalue weighted by Crippen LogP contribution is -2.31. The molecule has 76 valence electrons. The smallest absolute Gasteiger partial charge is 0.0102 e. The van der Waals surface area contributed by atoms with Crippen molar-refractivity contribution < 1.29 is 0 Å². The fraction of sp³-hybridized carbons (Fsp3) is 0.833. The zero-order valence-electron chi connectivity index (χ0n) is 9.00. The second kappa shape index (κ2) is 5.43. The SMILES string of the molecule is CC(C)C[C@@H]1CCC/C=C\C[C@@H]1N. The molecule has 0 unspecified atom stereocenters. The zero-order chi connectivity index (χ0) is 9.68. The maximum Gasteiger partial charge on any atom is 0.0102 e. The van der Waals surface area contributed by atoms with Crippen molar-refractivity contribution in [2.24, 2.45) is 17.6 Å². The van der Waals surface area contributed by atoms with Gasteiger partial charge < -0.3 is 5.73 Å². The lowest BCUT2D eigenvalue weighted by Gasteiger charge is -2.25. The third-order valence-electron chi connectivity index (χ3n) is 2.90. The molecule has 0 bridgehead atoms. The minimum Gasteiger partial charge on any atom is -0.327 e. The van der Waals surface area contributed by atoms with Gasteiger partial charge in [-0.05, 0) is 43.9 Å². The van der Waals surface area contributed by atoms with Gasteiger partial charge in [-0.3, -0.25) is 0 Å². The average Bonchev–Trinajstić information content (AvgIpc) is 2.04. The van der Waals surface area contributed by atoms with Gasteiger partial charge in [0.15, 0.2) is 0 Å². The standard InChI is InChI=1S/C12H23N/c1-10(2)9-11-7-5-3-4-6-8-12(11)13/h4,6,10-12H,3,5,7-9,13H2,1-2H3/b6-4-/t11-,12-/m0/s1. The van der Waals surface area contributed by atoms with Gasteiger partial charge in [0.25, 0.3) is 0 Å². The summed E-state index contributed by atoms with van der Waals surface area (Å²) in [5, 5.41) is 0. The summed E-state index contributed by atoms with van der Waals surface area (Å²) in [7, 11) is 0. The van der Waals surface area contributed by atoms with E-state index in [0.29, 0.717) is 6.04 Å². The van der Waals surface area contributed by atoms with E-state index in [9.17, 15) is 0 Å². The van der Waals surface area contributed by atoms with E-state index in [0.717, 1.165) is 18.3 Å². The first-order valence-corrected chi connectivity index (χ1v) is 5.60. The summed E-state index contributed by atoms with van der Waals surface area (Å²) >= 11 is 0. The number of hydrogen-bond donors (Lipinski definition) is 1. The van der Waals surface area contributed by atoms with E-state index in [2.05, 4.69) is 26.0 Å². The van der Waals surface area contributed by atoms with Gasteiger partial charge >= 0.3 is 0 Å². The fourth-order valence-electron chi connectivity index (χ4n) is 2.17. The molecule has 0 aromatic heterocycles. The summed E-state index contributed by atoms with van der Waals surface area (Å²) in [6, 6.07) is 0.402. The summed E-state index contributed by atoms with van der Waals surface area (Å²) in [5.74, 6) is 1.55. The minimum atomic E-state index is 0.402. The number of hydrogen-bond acceptors (Lipinski definition) is 1. The molecular formula is C12H23N. The predicted molar refractivity (Wildman–Crippen MR) is 58.5 cm³/mol. The summed E-state index contributed by atoms with van der Waals surface area (Å²) in [5.41, 5.74) is 6.15. The van der Waals surface area contributed by atoms with Crippen LogP contribution in [-0.4, -0.2) is 6.04 Å². The van der Waals surface area contributed by atoms with Crippen LogP contribution in [0.25, 0.3) is 0 Å². The molecule has 0 aliphatic heterocycles. The third kappa shape index (κ3) is 3.95. The Kier molecular flexibility index (Phi) is 4.51. The molecule has 2 atom stereocenters. The van der Waals surface area contributed by atoms with Crippen LogP contribution < -0.4 is 5.73 Å². The topological polar surface area (TPSA) is 26.0 Å². The lowest BCUT2D eigenvalue weighted by molar-refractivity contribution is 0.317. The van der Waals surface area contributed by atoms with Crippen molar-refractivity contribution in [2.45, 2.75) is 52.0 Å². The monoisotopic (exact) mass is 181 g/mol. The molecule has 13 heavy (non-hydrogen) atoms. The fourth-order valence-corrected chi connectivity index (χ4v) is 2.17.